The lowest BCUT2D eigenvalue weighted by atomic mass is 9.95. The van der Waals surface area contributed by atoms with Gasteiger partial charge >= 0.3 is 0 Å². The highest BCUT2D eigenvalue weighted by molar-refractivity contribution is 6.42. The zero-order valence-corrected chi connectivity index (χ0v) is 17.1. The quantitative estimate of drug-likeness (QED) is 0.652. The molecule has 1 atom stereocenters. The zero-order valence-electron chi connectivity index (χ0n) is 15.6. The van der Waals surface area contributed by atoms with E-state index in [2.05, 4.69) is 15.4 Å². The summed E-state index contributed by atoms with van der Waals surface area (Å²) in [5.74, 6) is 1.05. The van der Waals surface area contributed by atoms with Crippen LogP contribution in [-0.2, 0) is 4.79 Å². The van der Waals surface area contributed by atoms with Crippen molar-refractivity contribution in [2.45, 2.75) is 13.0 Å². The van der Waals surface area contributed by atoms with Gasteiger partial charge < -0.3 is 15.8 Å². The number of methoxy groups -OCH3 is 1. The number of hydrogen-bond donors (Lipinski definition) is 2. The third-order valence-corrected chi connectivity index (χ3v) is 5.44. The second-order valence-electron chi connectivity index (χ2n) is 6.54. The minimum atomic E-state index is -0.553. The van der Waals surface area contributed by atoms with Gasteiger partial charge in [0, 0.05) is 11.3 Å². The first-order chi connectivity index (χ1) is 13.9. The SMILES string of the molecule is COc1cccc(C2C(C(N)=O)=C(C)Nc3nc(-c4ccc(Cl)c(Cl)c4)nn32)c1. The van der Waals surface area contributed by atoms with Crippen molar-refractivity contribution < 1.29 is 9.53 Å². The average Bonchev–Trinajstić information content (AvgIpc) is 3.12. The lowest BCUT2D eigenvalue weighted by Crippen LogP contribution is -2.31. The van der Waals surface area contributed by atoms with Crippen LogP contribution >= 0.6 is 23.2 Å². The molecule has 1 aliphatic heterocycles. The van der Waals surface area contributed by atoms with Crippen LogP contribution in [0.5, 0.6) is 5.75 Å². The van der Waals surface area contributed by atoms with Crippen molar-refractivity contribution in [1.82, 2.24) is 14.8 Å². The normalized spacial score (nSPS) is 15.7. The lowest BCUT2D eigenvalue weighted by Gasteiger charge is -2.27. The van der Waals surface area contributed by atoms with Crippen molar-refractivity contribution in [3.8, 4) is 17.1 Å². The number of primary amides is 1. The number of carbonyl (C=O) groups excluding carboxylic acids is 1. The number of anilines is 1. The van der Waals surface area contributed by atoms with Crippen molar-refractivity contribution in [2.75, 3.05) is 12.4 Å². The summed E-state index contributed by atoms with van der Waals surface area (Å²) < 4.78 is 6.97. The first-order valence-electron chi connectivity index (χ1n) is 8.72. The highest BCUT2D eigenvalue weighted by atomic mass is 35.5. The summed E-state index contributed by atoms with van der Waals surface area (Å²) >= 11 is 12.2. The van der Waals surface area contributed by atoms with Crippen molar-refractivity contribution in [3.63, 3.8) is 0 Å². The molecule has 0 bridgehead atoms. The summed E-state index contributed by atoms with van der Waals surface area (Å²) in [4.78, 5) is 16.8. The van der Waals surface area contributed by atoms with Crippen LogP contribution in [0.25, 0.3) is 11.4 Å². The highest BCUT2D eigenvalue weighted by Crippen LogP contribution is 2.37. The van der Waals surface area contributed by atoms with Crippen LogP contribution in [0.1, 0.15) is 18.5 Å². The summed E-state index contributed by atoms with van der Waals surface area (Å²) in [7, 11) is 1.58. The predicted octanol–water partition coefficient (Wildman–Crippen LogP) is 4.03. The molecule has 29 heavy (non-hydrogen) atoms. The Kier molecular flexibility index (Phi) is 4.94. The predicted molar refractivity (Wildman–Crippen MR) is 112 cm³/mol. The van der Waals surface area contributed by atoms with Gasteiger partial charge in [-0.15, -0.1) is 5.10 Å². The molecule has 1 aromatic heterocycles. The van der Waals surface area contributed by atoms with E-state index in [4.69, 9.17) is 33.7 Å². The first kappa shape index (κ1) is 19.3. The van der Waals surface area contributed by atoms with Gasteiger partial charge in [0.2, 0.25) is 11.9 Å². The van der Waals surface area contributed by atoms with Crippen LogP contribution in [0.4, 0.5) is 5.95 Å². The number of halogens is 2. The summed E-state index contributed by atoms with van der Waals surface area (Å²) in [6, 6.07) is 12.0. The summed E-state index contributed by atoms with van der Waals surface area (Å²) in [6.45, 7) is 1.78. The Morgan fingerprint density at radius 1 is 1.21 bits per heavy atom. The average molecular weight is 430 g/mol. The molecule has 4 rings (SSSR count). The smallest absolute Gasteiger partial charge is 0.248 e. The fourth-order valence-electron chi connectivity index (χ4n) is 3.35. The van der Waals surface area contributed by atoms with E-state index >= 15 is 0 Å². The number of carbonyl (C=O) groups is 1. The van der Waals surface area contributed by atoms with Gasteiger partial charge in [-0.05, 0) is 42.8 Å². The number of nitrogens with one attached hydrogen (secondary N) is 1. The van der Waals surface area contributed by atoms with Crippen molar-refractivity contribution in [1.29, 1.82) is 0 Å². The number of nitrogens with zero attached hydrogens (tertiary/aromatic N) is 3. The highest BCUT2D eigenvalue weighted by Gasteiger charge is 2.33. The Hall–Kier alpha value is -3.03. The third-order valence-electron chi connectivity index (χ3n) is 4.71. The second-order valence-corrected chi connectivity index (χ2v) is 7.35. The maximum Gasteiger partial charge on any atom is 0.248 e. The first-order valence-corrected chi connectivity index (χ1v) is 9.48. The van der Waals surface area contributed by atoms with E-state index in [-0.39, 0.29) is 0 Å². The van der Waals surface area contributed by atoms with Crippen LogP contribution in [0.2, 0.25) is 10.0 Å². The molecule has 0 saturated carbocycles. The Morgan fingerprint density at radius 2 is 2.00 bits per heavy atom. The van der Waals surface area contributed by atoms with Crippen LogP contribution in [0, 0.1) is 0 Å². The molecule has 3 N–H and O–H groups in total. The largest absolute Gasteiger partial charge is 0.497 e. The molecule has 148 valence electrons. The number of amides is 1. The Labute approximate surface area is 177 Å². The molecule has 3 aromatic rings. The molecular weight excluding hydrogens is 413 g/mol. The Bertz CT molecular complexity index is 1160. The van der Waals surface area contributed by atoms with Crippen LogP contribution in [0.3, 0.4) is 0 Å². The maximum atomic E-state index is 12.3. The number of allylic oxidation sites excluding steroid dienone is 1. The van der Waals surface area contributed by atoms with Crippen LogP contribution < -0.4 is 15.8 Å². The number of benzene rings is 2. The van der Waals surface area contributed by atoms with Gasteiger partial charge in [-0.1, -0.05) is 35.3 Å². The van der Waals surface area contributed by atoms with Crippen LogP contribution in [-0.4, -0.2) is 27.8 Å². The van der Waals surface area contributed by atoms with E-state index in [0.29, 0.717) is 44.4 Å². The molecule has 0 spiro atoms. The number of hydrogen-bond acceptors (Lipinski definition) is 5. The fourth-order valence-corrected chi connectivity index (χ4v) is 3.65. The molecule has 1 amide bonds. The summed E-state index contributed by atoms with van der Waals surface area (Å²) in [5, 5.41) is 8.59. The van der Waals surface area contributed by atoms with Gasteiger partial charge in [0.25, 0.3) is 0 Å². The van der Waals surface area contributed by atoms with E-state index in [0.717, 1.165) is 5.56 Å². The van der Waals surface area contributed by atoms with Crippen molar-refractivity contribution >= 4 is 35.1 Å². The maximum absolute atomic E-state index is 12.3. The lowest BCUT2D eigenvalue weighted by molar-refractivity contribution is -0.115. The molecule has 0 radical (unpaired) electrons. The molecule has 0 saturated heterocycles. The standard InChI is InChI=1S/C20H17Cl2N5O2/c1-10-16(18(23)28)17(11-4-3-5-13(8-11)29-2)27-20(24-10)25-19(26-27)12-6-7-14(21)15(22)9-12/h3-9,17H,1-2H3,(H2,23,28)(H,24,25,26). The number of nitrogens with two attached hydrogens (primary N) is 1. The zero-order chi connectivity index (χ0) is 20.7. The van der Waals surface area contributed by atoms with E-state index in [1.54, 1.807) is 36.9 Å². The third kappa shape index (κ3) is 3.43. The van der Waals surface area contributed by atoms with E-state index in [1.165, 1.54) is 0 Å². The van der Waals surface area contributed by atoms with Gasteiger partial charge in [-0.25, -0.2) is 4.68 Å². The Balaban J connectivity index is 1.88. The molecule has 1 aliphatic rings. The molecular formula is C20H17Cl2N5O2. The number of rotatable bonds is 4. The van der Waals surface area contributed by atoms with E-state index in [9.17, 15) is 4.79 Å². The molecule has 7 nitrogen and oxygen atoms in total. The monoisotopic (exact) mass is 429 g/mol. The minimum absolute atomic E-state index is 0.399. The van der Waals surface area contributed by atoms with Gasteiger partial charge in [0.15, 0.2) is 5.82 Å². The minimum Gasteiger partial charge on any atom is -0.497 e. The van der Waals surface area contributed by atoms with Gasteiger partial charge in [0.1, 0.15) is 11.8 Å². The molecule has 9 heteroatoms. The molecule has 2 heterocycles. The Morgan fingerprint density at radius 3 is 2.69 bits per heavy atom. The van der Waals surface area contributed by atoms with Gasteiger partial charge in [-0.2, -0.15) is 4.98 Å². The van der Waals surface area contributed by atoms with E-state index in [1.807, 2.05) is 24.3 Å². The summed E-state index contributed by atoms with van der Waals surface area (Å²) in [5.41, 5.74) is 8.22. The molecule has 1 unspecified atom stereocenters. The summed E-state index contributed by atoms with van der Waals surface area (Å²) in [6.07, 6.45) is 0. The van der Waals surface area contributed by atoms with Gasteiger partial charge in [0.05, 0.1) is 22.7 Å². The fraction of sp³-hybridized carbons (Fsp3) is 0.150. The van der Waals surface area contributed by atoms with E-state index < -0.39 is 11.9 Å². The van der Waals surface area contributed by atoms with Gasteiger partial charge in [-0.3, -0.25) is 4.79 Å². The number of ether oxygens (including phenoxy) is 1. The number of fused-ring (bicyclic) bond motifs is 1. The second kappa shape index (κ2) is 7.42. The molecule has 0 fully saturated rings. The van der Waals surface area contributed by atoms with Crippen LogP contribution in [0.15, 0.2) is 53.7 Å². The number of aromatic nitrogens is 3. The van der Waals surface area contributed by atoms with Crippen molar-refractivity contribution in [2.24, 2.45) is 5.73 Å². The molecule has 2 aromatic carbocycles. The molecule has 0 aliphatic carbocycles. The topological polar surface area (TPSA) is 95.1 Å². The van der Waals surface area contributed by atoms with Crippen molar-refractivity contribution in [3.05, 3.63) is 69.3 Å².